The van der Waals surface area contributed by atoms with Crippen molar-refractivity contribution in [1.82, 2.24) is 20.3 Å². The lowest BCUT2D eigenvalue weighted by Crippen LogP contribution is -2.31. The molecule has 7 nitrogen and oxygen atoms in total. The molecule has 1 amide bonds. The van der Waals surface area contributed by atoms with Crippen molar-refractivity contribution in [1.29, 1.82) is 0 Å². The number of anilines is 2. The van der Waals surface area contributed by atoms with Gasteiger partial charge in [0.15, 0.2) is 0 Å². The minimum absolute atomic E-state index is 0.0532. The second-order valence-corrected chi connectivity index (χ2v) is 4.73. The molecule has 98 valence electrons. The lowest BCUT2D eigenvalue weighted by molar-refractivity contribution is -0.119. The van der Waals surface area contributed by atoms with Crippen molar-refractivity contribution in [2.75, 3.05) is 17.6 Å². The van der Waals surface area contributed by atoms with Crippen LogP contribution in [0.3, 0.4) is 0 Å². The van der Waals surface area contributed by atoms with Crippen LogP contribution in [0.1, 0.15) is 38.4 Å². The topological polar surface area (TPSA) is 106 Å². The van der Waals surface area contributed by atoms with Gasteiger partial charge in [0, 0.05) is 12.0 Å². The summed E-state index contributed by atoms with van der Waals surface area (Å²) in [5.41, 5.74) is 5.59. The molecule has 1 fully saturated rings. The quantitative estimate of drug-likeness (QED) is 0.692. The van der Waals surface area contributed by atoms with E-state index in [1.807, 2.05) is 13.8 Å². The van der Waals surface area contributed by atoms with E-state index in [4.69, 9.17) is 5.73 Å². The third-order valence-electron chi connectivity index (χ3n) is 2.54. The van der Waals surface area contributed by atoms with E-state index >= 15 is 0 Å². The van der Waals surface area contributed by atoms with Crippen molar-refractivity contribution in [3.63, 3.8) is 0 Å². The predicted octanol–water partition coefficient (Wildman–Crippen LogP) is 0.268. The molecule has 0 radical (unpaired) electrons. The van der Waals surface area contributed by atoms with Gasteiger partial charge in [-0.1, -0.05) is 13.8 Å². The molecule has 1 aromatic rings. The molecule has 1 aliphatic carbocycles. The Labute approximate surface area is 106 Å². The number of nitrogen functional groups attached to an aromatic ring is 1. The molecular weight excluding hydrogens is 232 g/mol. The standard InChI is InChI=1S/C11H18N6O/c1-6(2)9-15-10(12)17-11(16-9)13-5-8(18)14-7-3-4-7/h6-7H,3-5H2,1-2H3,(H,14,18)(H3,12,13,15,16,17). The average Bonchev–Trinajstić information content (AvgIpc) is 3.09. The number of amides is 1. The maximum Gasteiger partial charge on any atom is 0.239 e. The Balaban J connectivity index is 1.93. The van der Waals surface area contributed by atoms with Gasteiger partial charge in [-0.3, -0.25) is 4.79 Å². The van der Waals surface area contributed by atoms with E-state index in [0.717, 1.165) is 12.8 Å². The van der Waals surface area contributed by atoms with E-state index < -0.39 is 0 Å². The number of hydrogen-bond donors (Lipinski definition) is 3. The average molecular weight is 250 g/mol. The zero-order valence-corrected chi connectivity index (χ0v) is 10.6. The van der Waals surface area contributed by atoms with Crippen LogP contribution in [0.15, 0.2) is 0 Å². The first kappa shape index (κ1) is 12.5. The first-order valence-corrected chi connectivity index (χ1v) is 6.09. The van der Waals surface area contributed by atoms with E-state index in [2.05, 4.69) is 25.6 Å². The third-order valence-corrected chi connectivity index (χ3v) is 2.54. The normalized spacial score (nSPS) is 14.6. The maximum atomic E-state index is 11.5. The van der Waals surface area contributed by atoms with Gasteiger partial charge in [0.1, 0.15) is 5.82 Å². The van der Waals surface area contributed by atoms with Crippen LogP contribution in [0, 0.1) is 0 Å². The second kappa shape index (κ2) is 5.16. The first-order chi connectivity index (χ1) is 8.54. The SMILES string of the molecule is CC(C)c1nc(N)nc(NCC(=O)NC2CC2)n1. The molecule has 1 saturated carbocycles. The number of rotatable bonds is 5. The van der Waals surface area contributed by atoms with E-state index in [-0.39, 0.29) is 24.3 Å². The Morgan fingerprint density at radius 1 is 1.39 bits per heavy atom. The smallest absolute Gasteiger partial charge is 0.239 e. The fraction of sp³-hybridized carbons (Fsp3) is 0.636. The van der Waals surface area contributed by atoms with Crippen molar-refractivity contribution in [2.24, 2.45) is 0 Å². The van der Waals surface area contributed by atoms with Crippen LogP contribution < -0.4 is 16.4 Å². The Morgan fingerprint density at radius 2 is 2.11 bits per heavy atom. The van der Waals surface area contributed by atoms with E-state index in [9.17, 15) is 4.79 Å². The molecule has 1 aliphatic rings. The van der Waals surface area contributed by atoms with Crippen LogP contribution >= 0.6 is 0 Å². The number of hydrogen-bond acceptors (Lipinski definition) is 6. The summed E-state index contributed by atoms with van der Waals surface area (Å²) < 4.78 is 0. The molecular formula is C11H18N6O. The van der Waals surface area contributed by atoms with Crippen LogP contribution in [-0.2, 0) is 4.79 Å². The Hall–Kier alpha value is -1.92. The number of carbonyl (C=O) groups is 1. The lowest BCUT2D eigenvalue weighted by Gasteiger charge is -2.09. The highest BCUT2D eigenvalue weighted by Gasteiger charge is 2.23. The van der Waals surface area contributed by atoms with Crippen molar-refractivity contribution < 1.29 is 4.79 Å². The third kappa shape index (κ3) is 3.54. The number of nitrogens with zero attached hydrogens (tertiary/aromatic N) is 3. The molecule has 2 rings (SSSR count). The van der Waals surface area contributed by atoms with Gasteiger partial charge in [-0.25, -0.2) is 0 Å². The summed E-state index contributed by atoms with van der Waals surface area (Å²) in [6.07, 6.45) is 2.14. The van der Waals surface area contributed by atoms with Crippen LogP contribution in [0.2, 0.25) is 0 Å². The molecule has 7 heteroatoms. The van der Waals surface area contributed by atoms with Crippen LogP contribution in [0.25, 0.3) is 0 Å². The van der Waals surface area contributed by atoms with Gasteiger partial charge in [-0.2, -0.15) is 15.0 Å². The van der Waals surface area contributed by atoms with E-state index in [1.165, 1.54) is 0 Å². The van der Waals surface area contributed by atoms with Gasteiger partial charge < -0.3 is 16.4 Å². The summed E-state index contributed by atoms with van der Waals surface area (Å²) in [6, 6.07) is 0.356. The highest BCUT2D eigenvalue weighted by molar-refractivity contribution is 5.80. The van der Waals surface area contributed by atoms with Crippen LogP contribution in [0.4, 0.5) is 11.9 Å². The minimum atomic E-state index is -0.0532. The summed E-state index contributed by atoms with van der Waals surface area (Å²) >= 11 is 0. The van der Waals surface area contributed by atoms with Gasteiger partial charge >= 0.3 is 0 Å². The van der Waals surface area contributed by atoms with E-state index in [0.29, 0.717) is 17.8 Å². The molecule has 1 aromatic heterocycles. The largest absolute Gasteiger partial charge is 0.368 e. The molecule has 0 spiro atoms. The van der Waals surface area contributed by atoms with Gasteiger partial charge in [0.05, 0.1) is 6.54 Å². The van der Waals surface area contributed by atoms with Gasteiger partial charge in [-0.15, -0.1) is 0 Å². The molecule has 4 N–H and O–H groups in total. The van der Waals surface area contributed by atoms with E-state index in [1.54, 1.807) is 0 Å². The monoisotopic (exact) mass is 250 g/mol. The molecule has 0 bridgehead atoms. The molecule has 0 aliphatic heterocycles. The molecule has 0 atom stereocenters. The van der Waals surface area contributed by atoms with Crippen LogP contribution in [-0.4, -0.2) is 33.4 Å². The first-order valence-electron chi connectivity index (χ1n) is 6.09. The summed E-state index contributed by atoms with van der Waals surface area (Å²) in [5.74, 6) is 1.24. The summed E-state index contributed by atoms with van der Waals surface area (Å²) in [7, 11) is 0. The zero-order chi connectivity index (χ0) is 13.1. The minimum Gasteiger partial charge on any atom is -0.368 e. The molecule has 0 saturated heterocycles. The predicted molar refractivity (Wildman–Crippen MR) is 68.0 cm³/mol. The van der Waals surface area contributed by atoms with Crippen LogP contribution in [0.5, 0.6) is 0 Å². The highest BCUT2D eigenvalue weighted by Crippen LogP contribution is 2.18. The number of nitrogens with two attached hydrogens (primary N) is 1. The Kier molecular flexibility index (Phi) is 3.59. The number of carbonyl (C=O) groups excluding carboxylic acids is 1. The van der Waals surface area contributed by atoms with Gasteiger partial charge in [0.25, 0.3) is 0 Å². The van der Waals surface area contributed by atoms with Crippen molar-refractivity contribution >= 4 is 17.8 Å². The van der Waals surface area contributed by atoms with Crippen molar-refractivity contribution in [2.45, 2.75) is 38.6 Å². The summed E-state index contributed by atoms with van der Waals surface area (Å²) in [5, 5.41) is 5.73. The fourth-order valence-electron chi connectivity index (χ4n) is 1.41. The number of aromatic nitrogens is 3. The molecule has 18 heavy (non-hydrogen) atoms. The van der Waals surface area contributed by atoms with Gasteiger partial charge in [0.2, 0.25) is 17.8 Å². The molecule has 0 unspecified atom stereocenters. The zero-order valence-electron chi connectivity index (χ0n) is 10.6. The van der Waals surface area contributed by atoms with Crippen molar-refractivity contribution in [3.05, 3.63) is 5.82 Å². The second-order valence-electron chi connectivity index (χ2n) is 4.73. The summed E-state index contributed by atoms with van der Waals surface area (Å²) in [6.45, 7) is 4.09. The molecule has 0 aromatic carbocycles. The fourth-order valence-corrected chi connectivity index (χ4v) is 1.41. The lowest BCUT2D eigenvalue weighted by atomic mass is 10.2. The molecule has 1 heterocycles. The highest BCUT2D eigenvalue weighted by atomic mass is 16.2. The summed E-state index contributed by atoms with van der Waals surface area (Å²) in [4.78, 5) is 23.7. The number of nitrogens with one attached hydrogen (secondary N) is 2. The van der Waals surface area contributed by atoms with Crippen molar-refractivity contribution in [3.8, 4) is 0 Å². The Morgan fingerprint density at radius 3 is 2.72 bits per heavy atom. The van der Waals surface area contributed by atoms with Gasteiger partial charge in [-0.05, 0) is 12.8 Å². The Bertz CT molecular complexity index is 443. The maximum absolute atomic E-state index is 11.5.